The molecular weight excluding hydrogens is 194 g/mol. The van der Waals surface area contributed by atoms with E-state index >= 15 is 0 Å². The van der Waals surface area contributed by atoms with Gasteiger partial charge in [0.05, 0.1) is 6.10 Å². The molecule has 4 nitrogen and oxygen atoms in total. The molecule has 0 radical (unpaired) electrons. The first-order valence-corrected chi connectivity index (χ1v) is 5.31. The fourth-order valence-electron chi connectivity index (χ4n) is 0.689. The molecule has 1 rings (SSSR count). The molecule has 1 atom stereocenters. The summed E-state index contributed by atoms with van der Waals surface area (Å²) >= 11 is 2.88. The number of aliphatic hydroxyl groups is 1. The highest BCUT2D eigenvalue weighted by Crippen LogP contribution is 2.18. The summed E-state index contributed by atoms with van der Waals surface area (Å²) < 4.78 is 4.77. The van der Waals surface area contributed by atoms with Crippen molar-refractivity contribution in [2.75, 3.05) is 19.3 Å². The van der Waals surface area contributed by atoms with Crippen molar-refractivity contribution < 1.29 is 5.11 Å². The zero-order valence-electron chi connectivity index (χ0n) is 6.73. The fraction of sp³-hybridized carbons (Fsp3) is 0.667. The number of hydrogen-bond acceptors (Lipinski definition) is 6. The minimum absolute atomic E-state index is 0.316. The van der Waals surface area contributed by atoms with E-state index in [1.807, 2.05) is 7.05 Å². The predicted octanol–water partition coefficient (Wildman–Crippen LogP) is 0.210. The summed E-state index contributed by atoms with van der Waals surface area (Å²) in [4.78, 5) is 3.99. The van der Waals surface area contributed by atoms with E-state index in [-0.39, 0.29) is 6.10 Å². The molecule has 1 aromatic rings. The maximum atomic E-state index is 9.32. The molecule has 0 aliphatic heterocycles. The van der Waals surface area contributed by atoms with Crippen LogP contribution >= 0.6 is 23.3 Å². The lowest BCUT2D eigenvalue weighted by atomic mass is 10.4. The van der Waals surface area contributed by atoms with Gasteiger partial charge in [-0.2, -0.15) is 4.37 Å². The van der Waals surface area contributed by atoms with Crippen molar-refractivity contribution in [3.05, 3.63) is 6.33 Å². The van der Waals surface area contributed by atoms with E-state index in [0.29, 0.717) is 12.3 Å². The van der Waals surface area contributed by atoms with Crippen molar-refractivity contribution in [2.24, 2.45) is 0 Å². The van der Waals surface area contributed by atoms with Gasteiger partial charge in [-0.25, -0.2) is 4.98 Å². The van der Waals surface area contributed by atoms with E-state index in [1.165, 1.54) is 29.6 Å². The van der Waals surface area contributed by atoms with E-state index in [9.17, 15) is 5.11 Å². The summed E-state index contributed by atoms with van der Waals surface area (Å²) in [6.07, 6.45) is 1.21. The van der Waals surface area contributed by atoms with Gasteiger partial charge >= 0.3 is 0 Å². The normalized spacial score (nSPS) is 13.2. The number of likely N-dealkylation sites (N-methyl/N-ethyl adjacent to an activating group) is 1. The molecule has 0 amide bonds. The first-order valence-electron chi connectivity index (χ1n) is 3.55. The highest BCUT2D eigenvalue weighted by Gasteiger charge is 2.04. The maximum Gasteiger partial charge on any atom is 0.169 e. The number of aromatic nitrogens is 2. The van der Waals surface area contributed by atoms with Gasteiger partial charge in [0, 0.05) is 12.3 Å². The van der Waals surface area contributed by atoms with Crippen LogP contribution in [0.15, 0.2) is 10.7 Å². The van der Waals surface area contributed by atoms with Crippen LogP contribution in [0.3, 0.4) is 0 Å². The highest BCUT2D eigenvalue weighted by molar-refractivity contribution is 8.00. The number of rotatable bonds is 5. The molecule has 12 heavy (non-hydrogen) atoms. The van der Waals surface area contributed by atoms with Gasteiger partial charge in [0.25, 0.3) is 0 Å². The van der Waals surface area contributed by atoms with Gasteiger partial charge in [0.15, 0.2) is 4.34 Å². The highest BCUT2D eigenvalue weighted by atomic mass is 32.2. The number of nitrogens with zero attached hydrogens (tertiary/aromatic N) is 2. The van der Waals surface area contributed by atoms with E-state index in [4.69, 9.17) is 0 Å². The molecule has 0 fully saturated rings. The molecule has 0 aromatic carbocycles. The standard InChI is InChI=1S/C6H11N3OS2/c1-7-2-5(10)3-11-6-8-4-9-12-6/h4-5,7,10H,2-3H2,1H3. The lowest BCUT2D eigenvalue weighted by Gasteiger charge is -2.06. The Kier molecular flexibility index (Phi) is 4.52. The number of hydrogen-bond donors (Lipinski definition) is 2. The van der Waals surface area contributed by atoms with Crippen LogP contribution in [0, 0.1) is 0 Å². The summed E-state index contributed by atoms with van der Waals surface area (Å²) in [6.45, 7) is 0.617. The van der Waals surface area contributed by atoms with Gasteiger partial charge in [0.2, 0.25) is 0 Å². The molecule has 0 spiro atoms. The second kappa shape index (κ2) is 5.47. The molecule has 2 N–H and O–H groups in total. The summed E-state index contributed by atoms with van der Waals surface area (Å²) in [5.41, 5.74) is 0. The van der Waals surface area contributed by atoms with Crippen molar-refractivity contribution in [3.8, 4) is 0 Å². The van der Waals surface area contributed by atoms with Crippen LogP contribution in [0.5, 0.6) is 0 Å². The van der Waals surface area contributed by atoms with Crippen molar-refractivity contribution in [1.82, 2.24) is 14.7 Å². The number of nitrogens with one attached hydrogen (secondary N) is 1. The first kappa shape index (κ1) is 9.91. The third kappa shape index (κ3) is 3.48. The average molecular weight is 205 g/mol. The second-order valence-electron chi connectivity index (χ2n) is 2.23. The Bertz CT molecular complexity index is 205. The van der Waals surface area contributed by atoms with E-state index in [0.717, 1.165) is 4.34 Å². The van der Waals surface area contributed by atoms with Crippen LogP contribution < -0.4 is 5.32 Å². The Morgan fingerprint density at radius 1 is 1.83 bits per heavy atom. The van der Waals surface area contributed by atoms with Gasteiger partial charge in [-0.15, -0.1) is 0 Å². The van der Waals surface area contributed by atoms with Crippen LogP contribution in [-0.4, -0.2) is 39.9 Å². The Morgan fingerprint density at radius 3 is 3.25 bits per heavy atom. The Balaban J connectivity index is 2.17. The van der Waals surface area contributed by atoms with Crippen molar-refractivity contribution in [1.29, 1.82) is 0 Å². The molecule has 6 heteroatoms. The fourth-order valence-corrected chi connectivity index (χ4v) is 2.09. The lowest BCUT2D eigenvalue weighted by Crippen LogP contribution is -2.25. The molecule has 0 saturated carbocycles. The quantitative estimate of drug-likeness (QED) is 0.673. The van der Waals surface area contributed by atoms with E-state index in [2.05, 4.69) is 14.7 Å². The zero-order chi connectivity index (χ0) is 8.81. The first-order chi connectivity index (χ1) is 5.83. The molecule has 0 aliphatic carbocycles. The van der Waals surface area contributed by atoms with Gasteiger partial charge in [-0.1, -0.05) is 11.8 Å². The second-order valence-corrected chi connectivity index (χ2v) is 4.28. The van der Waals surface area contributed by atoms with Crippen LogP contribution in [0.2, 0.25) is 0 Å². The molecule has 68 valence electrons. The van der Waals surface area contributed by atoms with Gasteiger partial charge in [-0.05, 0) is 18.6 Å². The molecule has 1 heterocycles. The Hall–Kier alpha value is -0.170. The zero-order valence-corrected chi connectivity index (χ0v) is 8.36. The maximum absolute atomic E-state index is 9.32. The third-order valence-corrected chi connectivity index (χ3v) is 3.12. The molecule has 0 aliphatic rings. The van der Waals surface area contributed by atoms with Crippen molar-refractivity contribution >= 4 is 23.3 Å². The summed E-state index contributed by atoms with van der Waals surface area (Å²) in [5, 5.41) is 12.2. The SMILES string of the molecule is CNCC(O)CSc1ncns1. The van der Waals surface area contributed by atoms with Crippen molar-refractivity contribution in [3.63, 3.8) is 0 Å². The Morgan fingerprint density at radius 2 is 2.67 bits per heavy atom. The molecule has 1 aromatic heterocycles. The minimum atomic E-state index is -0.316. The number of aliphatic hydroxyl groups excluding tert-OH is 1. The summed E-state index contributed by atoms with van der Waals surface area (Å²) in [6, 6.07) is 0. The number of thioether (sulfide) groups is 1. The average Bonchev–Trinajstić information content (AvgIpc) is 2.53. The smallest absolute Gasteiger partial charge is 0.169 e. The summed E-state index contributed by atoms with van der Waals surface area (Å²) in [7, 11) is 1.82. The van der Waals surface area contributed by atoms with E-state index < -0.39 is 0 Å². The van der Waals surface area contributed by atoms with E-state index in [1.54, 1.807) is 0 Å². The Labute approximate surface area is 79.6 Å². The molecule has 0 saturated heterocycles. The third-order valence-electron chi connectivity index (χ3n) is 1.18. The molecule has 0 bridgehead atoms. The topological polar surface area (TPSA) is 58.0 Å². The van der Waals surface area contributed by atoms with Gasteiger partial charge in [0.1, 0.15) is 6.33 Å². The van der Waals surface area contributed by atoms with Gasteiger partial charge < -0.3 is 10.4 Å². The largest absolute Gasteiger partial charge is 0.391 e. The lowest BCUT2D eigenvalue weighted by molar-refractivity contribution is 0.199. The predicted molar refractivity (Wildman–Crippen MR) is 50.6 cm³/mol. The van der Waals surface area contributed by atoms with Crippen LogP contribution in [0.25, 0.3) is 0 Å². The molecule has 1 unspecified atom stereocenters. The van der Waals surface area contributed by atoms with Crippen LogP contribution in [-0.2, 0) is 0 Å². The van der Waals surface area contributed by atoms with Crippen molar-refractivity contribution in [2.45, 2.75) is 10.4 Å². The van der Waals surface area contributed by atoms with Crippen LogP contribution in [0.4, 0.5) is 0 Å². The van der Waals surface area contributed by atoms with Gasteiger partial charge in [-0.3, -0.25) is 0 Å². The summed E-state index contributed by atoms with van der Waals surface area (Å²) in [5.74, 6) is 0.663. The monoisotopic (exact) mass is 205 g/mol. The van der Waals surface area contributed by atoms with Crippen LogP contribution in [0.1, 0.15) is 0 Å². The molecular formula is C6H11N3OS2. The minimum Gasteiger partial charge on any atom is -0.391 e.